The molecule has 1 heteroatoms. The Morgan fingerprint density at radius 2 is 1.90 bits per heavy atom. The van der Waals surface area contributed by atoms with Crippen LogP contribution >= 0.6 is 0 Å². The Hall–Kier alpha value is -0.300. The Morgan fingerprint density at radius 3 is 2.60 bits per heavy atom. The average molecular weight is 413 g/mol. The lowest BCUT2D eigenvalue weighted by atomic mass is 9.45. The molecule has 5 aliphatic carbocycles. The van der Waals surface area contributed by atoms with Crippen molar-refractivity contribution in [2.75, 3.05) is 7.11 Å². The van der Waals surface area contributed by atoms with Gasteiger partial charge in [0.1, 0.15) is 0 Å². The van der Waals surface area contributed by atoms with E-state index in [4.69, 9.17) is 4.74 Å². The van der Waals surface area contributed by atoms with E-state index >= 15 is 0 Å². The molecular formula is C29H48O. The smallest absolute Gasteiger partial charge is 0.0638 e. The molecule has 170 valence electrons. The summed E-state index contributed by atoms with van der Waals surface area (Å²) in [6.07, 6.45) is 18.8. The molecule has 0 aromatic rings. The summed E-state index contributed by atoms with van der Waals surface area (Å²) in [5, 5.41) is 0. The quantitative estimate of drug-likeness (QED) is 0.401. The summed E-state index contributed by atoms with van der Waals surface area (Å²) in [4.78, 5) is 0. The van der Waals surface area contributed by atoms with Gasteiger partial charge in [-0.3, -0.25) is 0 Å². The number of hydrogen-bond acceptors (Lipinski definition) is 1. The fourth-order valence-corrected chi connectivity index (χ4v) is 10.5. The summed E-state index contributed by atoms with van der Waals surface area (Å²) in [7, 11) is 2.03. The molecule has 0 amide bonds. The van der Waals surface area contributed by atoms with Crippen LogP contribution in [0.2, 0.25) is 0 Å². The average Bonchev–Trinajstić information content (AvgIpc) is 3.24. The van der Waals surface area contributed by atoms with E-state index in [0.717, 1.165) is 35.5 Å². The highest BCUT2D eigenvalue weighted by Gasteiger charge is 2.77. The highest BCUT2D eigenvalue weighted by Crippen LogP contribution is 2.82. The molecule has 0 bridgehead atoms. The van der Waals surface area contributed by atoms with Gasteiger partial charge in [-0.2, -0.15) is 0 Å². The van der Waals surface area contributed by atoms with Crippen molar-refractivity contribution in [3.8, 4) is 0 Å². The van der Waals surface area contributed by atoms with Gasteiger partial charge in [0.05, 0.1) is 6.10 Å². The standard InChI is InChI=1S/C29H48O/c1-7-19(2)9-8-10-20(3)23-11-12-24-22-17-26(30-6)29-18-21(29)13-16-28(29,5)25(22)14-15-27(23,24)4/h9,20-26H,7-8,10-18H2,1-6H3/b19-9-/t20-,21-,22+,23-,24+,25+,26-,27-,28-,29+/m1/s1. The highest BCUT2D eigenvalue weighted by atomic mass is 16.5. The predicted molar refractivity (Wildman–Crippen MR) is 126 cm³/mol. The Balaban J connectivity index is 1.35. The third-order valence-electron chi connectivity index (χ3n) is 12.3. The van der Waals surface area contributed by atoms with Gasteiger partial charge < -0.3 is 4.74 Å². The van der Waals surface area contributed by atoms with E-state index < -0.39 is 0 Å². The molecule has 0 aromatic carbocycles. The maximum absolute atomic E-state index is 6.30. The van der Waals surface area contributed by atoms with E-state index in [0.29, 0.717) is 22.3 Å². The van der Waals surface area contributed by atoms with E-state index in [1.807, 2.05) is 7.11 Å². The van der Waals surface area contributed by atoms with Gasteiger partial charge in [-0.05, 0) is 124 Å². The first-order valence-electron chi connectivity index (χ1n) is 13.5. The summed E-state index contributed by atoms with van der Waals surface area (Å²) in [6.45, 7) is 12.6. The molecule has 5 rings (SSSR count). The molecule has 0 radical (unpaired) electrons. The number of hydrogen-bond donors (Lipinski definition) is 0. The number of fused-ring (bicyclic) bond motifs is 4. The largest absolute Gasteiger partial charge is 0.381 e. The molecule has 5 aliphatic rings. The van der Waals surface area contributed by atoms with Crippen molar-refractivity contribution in [1.82, 2.24) is 0 Å². The second-order valence-corrected chi connectivity index (χ2v) is 12.9. The molecule has 0 saturated heterocycles. The third-order valence-corrected chi connectivity index (χ3v) is 12.3. The minimum Gasteiger partial charge on any atom is -0.381 e. The molecule has 0 unspecified atom stereocenters. The topological polar surface area (TPSA) is 9.23 Å². The van der Waals surface area contributed by atoms with E-state index in [2.05, 4.69) is 40.7 Å². The molecule has 30 heavy (non-hydrogen) atoms. The van der Waals surface area contributed by atoms with Crippen LogP contribution in [0.15, 0.2) is 11.6 Å². The van der Waals surface area contributed by atoms with Crippen LogP contribution in [-0.4, -0.2) is 13.2 Å². The van der Waals surface area contributed by atoms with E-state index in [-0.39, 0.29) is 0 Å². The maximum atomic E-state index is 6.30. The molecule has 0 aromatic heterocycles. The lowest BCUT2D eigenvalue weighted by Crippen LogP contribution is -2.57. The first-order valence-corrected chi connectivity index (χ1v) is 13.5. The van der Waals surface area contributed by atoms with E-state index in [1.165, 1.54) is 70.6 Å². The van der Waals surface area contributed by atoms with Crippen molar-refractivity contribution in [3.63, 3.8) is 0 Å². The van der Waals surface area contributed by atoms with Crippen molar-refractivity contribution in [2.45, 2.75) is 111 Å². The Bertz CT molecular complexity index is 694. The van der Waals surface area contributed by atoms with Crippen LogP contribution in [0.4, 0.5) is 0 Å². The summed E-state index contributed by atoms with van der Waals surface area (Å²) in [6, 6.07) is 0. The normalized spacial score (nSPS) is 52.9. The molecule has 5 saturated carbocycles. The third kappa shape index (κ3) is 2.75. The van der Waals surface area contributed by atoms with E-state index in [1.54, 1.807) is 5.57 Å². The van der Waals surface area contributed by atoms with Crippen molar-refractivity contribution >= 4 is 0 Å². The zero-order chi connectivity index (χ0) is 21.3. The Kier molecular flexibility index (Phi) is 5.28. The summed E-state index contributed by atoms with van der Waals surface area (Å²) < 4.78 is 6.30. The SMILES string of the molecule is CC/C(C)=C\CC[C@@H](C)[C@H]1CC[C@H]2[C@@H]3C[C@@H](OC)[C@]45C[C@H]4CC[C@]5(C)[C@H]3CC[C@]12C. The zero-order valence-corrected chi connectivity index (χ0v) is 20.8. The predicted octanol–water partition coefficient (Wildman–Crippen LogP) is 8.04. The van der Waals surface area contributed by atoms with Crippen molar-refractivity contribution < 1.29 is 4.74 Å². The van der Waals surface area contributed by atoms with Crippen LogP contribution in [0.1, 0.15) is 105 Å². The van der Waals surface area contributed by atoms with Gasteiger partial charge in [0.2, 0.25) is 0 Å². The van der Waals surface area contributed by atoms with E-state index in [9.17, 15) is 0 Å². The summed E-state index contributed by atoms with van der Waals surface area (Å²) >= 11 is 0. The second-order valence-electron chi connectivity index (χ2n) is 12.9. The summed E-state index contributed by atoms with van der Waals surface area (Å²) in [5.41, 5.74) is 3.31. The molecule has 0 heterocycles. The number of ether oxygens (including phenoxy) is 1. The van der Waals surface area contributed by atoms with Crippen LogP contribution in [0.5, 0.6) is 0 Å². The summed E-state index contributed by atoms with van der Waals surface area (Å²) in [5.74, 6) is 5.70. The Labute approximate surface area is 186 Å². The van der Waals surface area contributed by atoms with Gasteiger partial charge in [0.25, 0.3) is 0 Å². The number of rotatable bonds is 6. The number of allylic oxidation sites excluding steroid dienone is 2. The van der Waals surface area contributed by atoms with Crippen molar-refractivity contribution in [3.05, 3.63) is 11.6 Å². The molecule has 10 atom stereocenters. The second kappa shape index (κ2) is 7.36. The van der Waals surface area contributed by atoms with Crippen molar-refractivity contribution in [2.24, 2.45) is 51.8 Å². The molecule has 5 fully saturated rings. The van der Waals surface area contributed by atoms with Gasteiger partial charge in [0.15, 0.2) is 0 Å². The molecule has 1 nitrogen and oxygen atoms in total. The molecular weight excluding hydrogens is 364 g/mol. The lowest BCUT2D eigenvalue weighted by Gasteiger charge is -2.61. The van der Waals surface area contributed by atoms with Crippen LogP contribution in [0.3, 0.4) is 0 Å². The van der Waals surface area contributed by atoms with Gasteiger partial charge in [-0.15, -0.1) is 0 Å². The lowest BCUT2D eigenvalue weighted by molar-refractivity contribution is -0.161. The van der Waals surface area contributed by atoms with Crippen LogP contribution < -0.4 is 0 Å². The molecule has 0 N–H and O–H groups in total. The monoisotopic (exact) mass is 412 g/mol. The van der Waals surface area contributed by atoms with Gasteiger partial charge >= 0.3 is 0 Å². The first-order chi connectivity index (χ1) is 14.3. The Morgan fingerprint density at radius 1 is 1.10 bits per heavy atom. The van der Waals surface area contributed by atoms with Crippen molar-refractivity contribution in [1.29, 1.82) is 0 Å². The number of methoxy groups -OCH3 is 1. The minimum atomic E-state index is 0.553. The maximum Gasteiger partial charge on any atom is 0.0638 e. The van der Waals surface area contributed by atoms with Crippen LogP contribution in [0.25, 0.3) is 0 Å². The fourth-order valence-electron chi connectivity index (χ4n) is 10.5. The molecule has 0 aliphatic heterocycles. The highest BCUT2D eigenvalue weighted by molar-refractivity contribution is 5.26. The van der Waals surface area contributed by atoms with Crippen LogP contribution in [0, 0.1) is 51.8 Å². The van der Waals surface area contributed by atoms with Gasteiger partial charge in [0, 0.05) is 12.5 Å². The molecule has 1 spiro atoms. The first kappa shape index (κ1) is 21.5. The van der Waals surface area contributed by atoms with Gasteiger partial charge in [-0.25, -0.2) is 0 Å². The minimum absolute atomic E-state index is 0.553. The zero-order valence-electron chi connectivity index (χ0n) is 20.8. The van der Waals surface area contributed by atoms with Gasteiger partial charge in [-0.1, -0.05) is 39.3 Å². The van der Waals surface area contributed by atoms with Crippen LogP contribution in [-0.2, 0) is 4.74 Å². The fraction of sp³-hybridized carbons (Fsp3) is 0.931.